The van der Waals surface area contributed by atoms with Crippen LogP contribution in [0.3, 0.4) is 0 Å². The number of phenols is 1. The lowest BCUT2D eigenvalue weighted by Crippen LogP contribution is -2.61. The van der Waals surface area contributed by atoms with Crippen LogP contribution in [0.15, 0.2) is 88.3 Å². The quantitative estimate of drug-likeness (QED) is 0.145. The van der Waals surface area contributed by atoms with E-state index in [9.17, 15) is 29.7 Å². The zero-order chi connectivity index (χ0) is 31.2. The van der Waals surface area contributed by atoms with Crippen LogP contribution < -0.4 is 10.2 Å². The van der Waals surface area contributed by atoms with E-state index in [1.165, 1.54) is 36.6 Å². The van der Waals surface area contributed by atoms with E-state index in [1.807, 2.05) is 30.3 Å². The number of ether oxygens (including phenoxy) is 4. The van der Waals surface area contributed by atoms with Gasteiger partial charge in [-0.1, -0.05) is 42.5 Å². The molecule has 1 fully saturated rings. The van der Waals surface area contributed by atoms with Gasteiger partial charge in [-0.05, 0) is 41.8 Å². The molecule has 1 aromatic heterocycles. The number of esters is 1. The highest BCUT2D eigenvalue weighted by atomic mass is 16.7. The topological polar surface area (TPSA) is 182 Å². The molecule has 5 rings (SSSR count). The first-order valence-electron chi connectivity index (χ1n) is 13.8. The number of carbonyl (C=O) groups excluding carboxylic acids is 1. The predicted octanol–water partition coefficient (Wildman–Crippen LogP) is 2.64. The smallest absolute Gasteiger partial charge is 0.317 e. The van der Waals surface area contributed by atoms with E-state index >= 15 is 0 Å². The highest BCUT2D eigenvalue weighted by Gasteiger charge is 2.47. The van der Waals surface area contributed by atoms with E-state index in [-0.39, 0.29) is 34.5 Å². The van der Waals surface area contributed by atoms with Crippen LogP contribution in [0.5, 0.6) is 11.5 Å². The molecule has 5 atom stereocenters. The average Bonchev–Trinajstić information content (AvgIpc) is 3.00. The minimum absolute atomic E-state index is 0.0614. The molecule has 12 nitrogen and oxygen atoms in total. The minimum Gasteiger partial charge on any atom is -0.508 e. The van der Waals surface area contributed by atoms with E-state index in [1.54, 1.807) is 12.1 Å². The van der Waals surface area contributed by atoms with Gasteiger partial charge in [-0.15, -0.1) is 0 Å². The first-order valence-corrected chi connectivity index (χ1v) is 13.8. The normalized spacial score (nSPS) is 21.5. The number of rotatable bonds is 11. The molecule has 230 valence electrons. The maximum Gasteiger partial charge on any atom is 0.317 e. The summed E-state index contributed by atoms with van der Waals surface area (Å²) in [4.78, 5) is 35.7. The van der Waals surface area contributed by atoms with Crippen LogP contribution in [0.25, 0.3) is 22.1 Å². The number of aliphatic carboxylic acids is 1. The molecule has 0 saturated carbocycles. The van der Waals surface area contributed by atoms with Crippen LogP contribution in [0.4, 0.5) is 0 Å². The summed E-state index contributed by atoms with van der Waals surface area (Å²) in [7, 11) is 0. The monoisotopic (exact) mass is 606 g/mol. The molecule has 3 aromatic carbocycles. The van der Waals surface area contributed by atoms with Gasteiger partial charge in [-0.25, -0.2) is 0 Å². The number of aliphatic hydroxyl groups excluding tert-OH is 2. The molecule has 1 aliphatic rings. The van der Waals surface area contributed by atoms with Crippen molar-refractivity contribution in [2.24, 2.45) is 0 Å². The van der Waals surface area contributed by atoms with Crippen LogP contribution in [0.1, 0.15) is 12.0 Å². The number of benzene rings is 3. The molecule has 4 N–H and O–H groups in total. The molecular formula is C32H30O12. The molecule has 0 spiro atoms. The summed E-state index contributed by atoms with van der Waals surface area (Å²) in [5.41, 5.74) is 1.74. The highest BCUT2D eigenvalue weighted by molar-refractivity contribution is 5.90. The summed E-state index contributed by atoms with van der Waals surface area (Å²) in [6.07, 6.45) is -5.93. The molecule has 1 saturated heterocycles. The Morgan fingerprint density at radius 3 is 2.41 bits per heavy atom. The second-order valence-electron chi connectivity index (χ2n) is 10.1. The lowest BCUT2D eigenvalue weighted by atomic mass is 9.99. The van der Waals surface area contributed by atoms with E-state index in [2.05, 4.69) is 0 Å². The van der Waals surface area contributed by atoms with Crippen molar-refractivity contribution in [3.63, 3.8) is 0 Å². The van der Waals surface area contributed by atoms with Crippen molar-refractivity contribution in [3.8, 4) is 22.6 Å². The number of hydrogen-bond acceptors (Lipinski definition) is 11. The molecule has 1 aliphatic heterocycles. The summed E-state index contributed by atoms with van der Waals surface area (Å²) in [5, 5.41) is 40.3. The maximum atomic E-state index is 13.2. The van der Waals surface area contributed by atoms with Gasteiger partial charge in [0.2, 0.25) is 6.29 Å². The summed E-state index contributed by atoms with van der Waals surface area (Å²) in [6.45, 7) is -0.403. The SMILES string of the molecule is O=C(O)CC(=O)OC[C@@H]1O[C@H](Oc2ccc3c(=O)c(-c4ccc(O)cc4)coc3c2)[C@@H](OCCc2ccccc2)[C@H](O)[C@H]1O. The molecule has 0 aliphatic carbocycles. The molecule has 44 heavy (non-hydrogen) atoms. The number of fused-ring (bicyclic) bond motifs is 1. The van der Waals surface area contributed by atoms with E-state index < -0.39 is 55.7 Å². The molecular weight excluding hydrogens is 576 g/mol. The third kappa shape index (κ3) is 7.24. The number of aromatic hydroxyl groups is 1. The largest absolute Gasteiger partial charge is 0.508 e. The number of hydrogen-bond donors (Lipinski definition) is 4. The Morgan fingerprint density at radius 2 is 1.68 bits per heavy atom. The molecule has 0 radical (unpaired) electrons. The Hall–Kier alpha value is -4.75. The molecule has 0 unspecified atom stereocenters. The van der Waals surface area contributed by atoms with Gasteiger partial charge in [0, 0.05) is 6.07 Å². The molecule has 0 bridgehead atoms. The van der Waals surface area contributed by atoms with Crippen LogP contribution in [-0.4, -0.2) is 76.3 Å². The summed E-state index contributed by atoms with van der Waals surface area (Å²) < 4.78 is 28.5. The summed E-state index contributed by atoms with van der Waals surface area (Å²) in [5.74, 6) is -2.18. The molecule has 4 aromatic rings. The summed E-state index contributed by atoms with van der Waals surface area (Å²) in [6, 6.07) is 20.1. The molecule has 0 amide bonds. The fourth-order valence-corrected chi connectivity index (χ4v) is 4.78. The van der Waals surface area contributed by atoms with Crippen LogP contribution in [-0.2, 0) is 30.2 Å². The lowest BCUT2D eigenvalue weighted by molar-refractivity contribution is -0.288. The Labute approximate surface area is 250 Å². The fraction of sp³-hybridized carbons (Fsp3) is 0.281. The van der Waals surface area contributed by atoms with Gasteiger partial charge in [0.1, 0.15) is 60.8 Å². The Balaban J connectivity index is 1.36. The highest BCUT2D eigenvalue weighted by Crippen LogP contribution is 2.29. The van der Waals surface area contributed by atoms with Crippen LogP contribution in [0, 0.1) is 0 Å². The zero-order valence-corrected chi connectivity index (χ0v) is 23.3. The second kappa shape index (κ2) is 13.7. The van der Waals surface area contributed by atoms with Crippen molar-refractivity contribution >= 4 is 22.9 Å². The third-order valence-electron chi connectivity index (χ3n) is 7.07. The van der Waals surface area contributed by atoms with Gasteiger partial charge >= 0.3 is 11.9 Å². The molecule has 2 heterocycles. The van der Waals surface area contributed by atoms with Gasteiger partial charge in [-0.3, -0.25) is 14.4 Å². The van der Waals surface area contributed by atoms with E-state index in [0.717, 1.165) is 5.56 Å². The Morgan fingerprint density at radius 1 is 0.932 bits per heavy atom. The second-order valence-corrected chi connectivity index (χ2v) is 10.1. The van der Waals surface area contributed by atoms with Crippen LogP contribution in [0.2, 0.25) is 0 Å². The number of aliphatic hydroxyl groups is 2. The first-order chi connectivity index (χ1) is 21.2. The van der Waals surface area contributed by atoms with Crippen LogP contribution >= 0.6 is 0 Å². The minimum atomic E-state index is -1.55. The number of carboxylic acids is 1. The lowest BCUT2D eigenvalue weighted by Gasteiger charge is -2.42. The number of phenolic OH excluding ortho intramolecular Hbond substituents is 1. The number of carbonyl (C=O) groups is 2. The predicted molar refractivity (Wildman–Crippen MR) is 154 cm³/mol. The van der Waals surface area contributed by atoms with Crippen molar-refractivity contribution in [1.82, 2.24) is 0 Å². The number of carboxylic acid groups (broad SMARTS) is 1. The van der Waals surface area contributed by atoms with Crippen molar-refractivity contribution in [2.45, 2.75) is 43.5 Å². The van der Waals surface area contributed by atoms with Gasteiger partial charge in [0.05, 0.1) is 17.6 Å². The fourth-order valence-electron chi connectivity index (χ4n) is 4.78. The van der Waals surface area contributed by atoms with E-state index in [0.29, 0.717) is 17.5 Å². The van der Waals surface area contributed by atoms with Gasteiger partial charge in [0.25, 0.3) is 0 Å². The maximum absolute atomic E-state index is 13.2. The van der Waals surface area contributed by atoms with Gasteiger partial charge in [0.15, 0.2) is 5.43 Å². The first kappa shape index (κ1) is 30.7. The van der Waals surface area contributed by atoms with Crippen molar-refractivity contribution in [2.75, 3.05) is 13.2 Å². The van der Waals surface area contributed by atoms with Crippen molar-refractivity contribution < 1.29 is 53.4 Å². The standard InChI is InChI=1S/C32H30O12/c33-20-8-6-19(7-9-20)23-16-41-24-14-21(10-11-22(24)28(23)37)43-32-31(40-13-12-18-4-2-1-3-5-18)30(39)29(38)25(44-32)17-42-27(36)15-26(34)35/h1-11,14,16,25,29-33,38-39H,12-13,15,17H2,(H,34,35)/t25-,29-,30+,31-,32-/m0/s1. The summed E-state index contributed by atoms with van der Waals surface area (Å²) >= 11 is 0. The van der Waals surface area contributed by atoms with Crippen molar-refractivity contribution in [3.05, 3.63) is 94.8 Å². The van der Waals surface area contributed by atoms with E-state index in [4.69, 9.17) is 28.5 Å². The third-order valence-corrected chi connectivity index (χ3v) is 7.07. The van der Waals surface area contributed by atoms with Gasteiger partial charge in [-0.2, -0.15) is 0 Å². The molecule has 12 heteroatoms. The van der Waals surface area contributed by atoms with Crippen molar-refractivity contribution in [1.29, 1.82) is 0 Å². The Kier molecular flexibility index (Phi) is 9.56. The Bertz CT molecular complexity index is 1650. The average molecular weight is 607 g/mol. The van der Waals surface area contributed by atoms with Gasteiger partial charge < -0.3 is 43.8 Å². The zero-order valence-electron chi connectivity index (χ0n) is 23.3.